The zero-order valence-corrected chi connectivity index (χ0v) is 18.1. The molecule has 30 heavy (non-hydrogen) atoms. The lowest BCUT2D eigenvalue weighted by Crippen LogP contribution is -2.37. The lowest BCUT2D eigenvalue weighted by molar-refractivity contribution is 0.123. The second-order valence-corrected chi connectivity index (χ2v) is 7.98. The van der Waals surface area contributed by atoms with Crippen LogP contribution in [0, 0.1) is 5.82 Å². The number of aromatic nitrogens is 2. The molecule has 2 amide bonds. The zero-order valence-electron chi connectivity index (χ0n) is 16.5. The van der Waals surface area contributed by atoms with Crippen LogP contribution < -0.4 is 21.2 Å². The van der Waals surface area contributed by atoms with Gasteiger partial charge in [-0.05, 0) is 30.3 Å². The molecule has 3 aromatic rings. The highest BCUT2D eigenvalue weighted by Gasteiger charge is 2.20. The number of hydrogen-bond donors (Lipinski definition) is 2. The van der Waals surface area contributed by atoms with Gasteiger partial charge >= 0.3 is 11.7 Å². The molecule has 2 N–H and O–H groups in total. The molecular weight excluding hydrogens is 457 g/mol. The highest BCUT2D eigenvalue weighted by Crippen LogP contribution is 2.32. The molecule has 10 heteroatoms. The monoisotopic (exact) mass is 477 g/mol. The molecule has 8 nitrogen and oxygen atoms in total. The van der Waals surface area contributed by atoms with Crippen LogP contribution in [0.1, 0.15) is 0 Å². The van der Waals surface area contributed by atoms with E-state index in [1.807, 2.05) is 6.07 Å². The van der Waals surface area contributed by atoms with Crippen LogP contribution in [0.5, 0.6) is 0 Å². The highest BCUT2D eigenvalue weighted by atomic mass is 79.9. The van der Waals surface area contributed by atoms with Crippen molar-refractivity contribution in [2.24, 2.45) is 14.1 Å². The molecule has 2 heterocycles. The van der Waals surface area contributed by atoms with E-state index in [0.717, 1.165) is 11.2 Å². The van der Waals surface area contributed by atoms with Crippen LogP contribution in [-0.4, -0.2) is 41.5 Å². The third kappa shape index (κ3) is 3.80. The van der Waals surface area contributed by atoms with Crippen LogP contribution in [0.4, 0.5) is 26.2 Å². The van der Waals surface area contributed by atoms with Gasteiger partial charge in [0.05, 0.1) is 41.3 Å². The summed E-state index contributed by atoms with van der Waals surface area (Å²) in [5.74, 6) is -0.547. The number of amides is 2. The Morgan fingerprint density at radius 2 is 1.67 bits per heavy atom. The van der Waals surface area contributed by atoms with Crippen molar-refractivity contribution >= 4 is 50.1 Å². The van der Waals surface area contributed by atoms with Crippen LogP contribution >= 0.6 is 15.9 Å². The number of carbonyl (C=O) groups is 1. The predicted molar refractivity (Wildman–Crippen MR) is 118 cm³/mol. The van der Waals surface area contributed by atoms with E-state index in [1.54, 1.807) is 30.8 Å². The highest BCUT2D eigenvalue weighted by molar-refractivity contribution is 9.10. The summed E-state index contributed by atoms with van der Waals surface area (Å²) in [6.07, 6.45) is 0. The van der Waals surface area contributed by atoms with Gasteiger partial charge in [0, 0.05) is 31.7 Å². The first kappa shape index (κ1) is 20.4. The van der Waals surface area contributed by atoms with Crippen molar-refractivity contribution in [1.29, 1.82) is 0 Å². The summed E-state index contributed by atoms with van der Waals surface area (Å²) in [7, 11) is 3.39. The van der Waals surface area contributed by atoms with Crippen molar-refractivity contribution < 1.29 is 13.9 Å². The van der Waals surface area contributed by atoms with Gasteiger partial charge in [0.15, 0.2) is 0 Å². The fourth-order valence-electron chi connectivity index (χ4n) is 3.57. The van der Waals surface area contributed by atoms with Crippen molar-refractivity contribution in [2.45, 2.75) is 0 Å². The Bertz CT molecular complexity index is 1180. The quantitative estimate of drug-likeness (QED) is 0.606. The number of aryl methyl sites for hydroxylation is 2. The largest absolute Gasteiger partial charge is 0.378 e. The number of ether oxygens (including phenoxy) is 1. The van der Waals surface area contributed by atoms with Crippen molar-refractivity contribution in [2.75, 3.05) is 41.8 Å². The molecule has 0 bridgehead atoms. The summed E-state index contributed by atoms with van der Waals surface area (Å²) >= 11 is 3.19. The van der Waals surface area contributed by atoms with Gasteiger partial charge < -0.3 is 20.3 Å². The minimum atomic E-state index is -0.578. The number of fused-ring (bicyclic) bond motifs is 1. The van der Waals surface area contributed by atoms with Gasteiger partial charge in [-0.3, -0.25) is 9.13 Å². The Kier molecular flexibility index (Phi) is 5.52. The van der Waals surface area contributed by atoms with Crippen LogP contribution in [0.25, 0.3) is 11.0 Å². The van der Waals surface area contributed by atoms with Crippen LogP contribution in [0.2, 0.25) is 0 Å². The number of urea groups is 1. The lowest BCUT2D eigenvalue weighted by Gasteiger charge is -2.30. The summed E-state index contributed by atoms with van der Waals surface area (Å²) in [4.78, 5) is 27.1. The molecule has 0 atom stereocenters. The standard InChI is InChI=1S/C20H21BrFN5O3/c1-25-17-10-15(24-19(28)23-14-4-3-12(21)9-13(14)22)16(27-5-7-30-8-6-27)11-18(17)26(2)20(25)29/h3-4,9-11H,5-8H2,1-2H3,(H2,23,24,28). The van der Waals surface area contributed by atoms with Gasteiger partial charge in [0.2, 0.25) is 0 Å². The number of imidazole rings is 1. The third-order valence-corrected chi connectivity index (χ3v) is 5.66. The number of morpholine rings is 1. The number of rotatable bonds is 3. The van der Waals surface area contributed by atoms with Crippen LogP contribution in [-0.2, 0) is 18.8 Å². The molecule has 1 aliphatic heterocycles. The zero-order chi connectivity index (χ0) is 21.4. The molecule has 158 valence electrons. The first-order valence-electron chi connectivity index (χ1n) is 9.40. The van der Waals surface area contributed by atoms with E-state index in [2.05, 4.69) is 31.5 Å². The van der Waals surface area contributed by atoms with Crippen molar-refractivity contribution in [3.63, 3.8) is 0 Å². The van der Waals surface area contributed by atoms with E-state index in [1.165, 1.54) is 16.7 Å². The number of hydrogen-bond acceptors (Lipinski definition) is 4. The topological polar surface area (TPSA) is 80.5 Å². The Morgan fingerprint density at radius 1 is 1.03 bits per heavy atom. The fourth-order valence-corrected chi connectivity index (χ4v) is 3.90. The van der Waals surface area contributed by atoms with E-state index >= 15 is 0 Å². The first-order valence-corrected chi connectivity index (χ1v) is 10.2. The van der Waals surface area contributed by atoms with E-state index in [-0.39, 0.29) is 11.4 Å². The molecule has 0 aliphatic carbocycles. The Labute approximate surface area is 180 Å². The van der Waals surface area contributed by atoms with Crippen molar-refractivity contribution in [3.8, 4) is 0 Å². The SMILES string of the molecule is Cn1c(=O)n(C)c2cc(N3CCOCC3)c(NC(=O)Nc3ccc(Br)cc3F)cc21. The second kappa shape index (κ2) is 8.11. The number of anilines is 3. The Morgan fingerprint density at radius 3 is 2.33 bits per heavy atom. The summed E-state index contributed by atoms with van der Waals surface area (Å²) in [6.45, 7) is 2.46. The van der Waals surface area contributed by atoms with Gasteiger partial charge in [-0.1, -0.05) is 15.9 Å². The minimum absolute atomic E-state index is 0.0665. The molecule has 1 saturated heterocycles. The molecule has 1 aromatic heterocycles. The summed E-state index contributed by atoms with van der Waals surface area (Å²) in [5.41, 5.74) is 2.66. The molecule has 0 radical (unpaired) electrons. The van der Waals surface area contributed by atoms with Crippen LogP contribution in [0.3, 0.4) is 0 Å². The maximum absolute atomic E-state index is 14.1. The van der Waals surface area contributed by atoms with Gasteiger partial charge in [-0.15, -0.1) is 0 Å². The number of nitrogens with zero attached hydrogens (tertiary/aromatic N) is 3. The molecule has 1 fully saturated rings. The summed E-state index contributed by atoms with van der Waals surface area (Å²) in [6, 6.07) is 7.47. The molecule has 0 unspecified atom stereocenters. The van der Waals surface area contributed by atoms with Gasteiger partial charge in [-0.2, -0.15) is 0 Å². The predicted octanol–water partition coefficient (Wildman–Crippen LogP) is 3.26. The fraction of sp³-hybridized carbons (Fsp3) is 0.300. The van der Waals surface area contributed by atoms with Crippen molar-refractivity contribution in [1.82, 2.24) is 9.13 Å². The Balaban J connectivity index is 1.71. The van der Waals surface area contributed by atoms with Gasteiger partial charge in [0.25, 0.3) is 0 Å². The first-order chi connectivity index (χ1) is 14.3. The van der Waals surface area contributed by atoms with Crippen LogP contribution in [0.15, 0.2) is 39.6 Å². The smallest absolute Gasteiger partial charge is 0.328 e. The molecular formula is C20H21BrFN5O3. The maximum Gasteiger partial charge on any atom is 0.328 e. The molecule has 1 aliphatic rings. The van der Waals surface area contributed by atoms with Crippen molar-refractivity contribution in [3.05, 3.63) is 51.1 Å². The average Bonchev–Trinajstić information content (AvgIpc) is 2.94. The normalized spacial score (nSPS) is 14.2. The van der Waals surface area contributed by atoms with E-state index in [9.17, 15) is 14.0 Å². The number of carbonyl (C=O) groups excluding carboxylic acids is 1. The average molecular weight is 478 g/mol. The van der Waals surface area contributed by atoms with E-state index in [0.29, 0.717) is 42.0 Å². The van der Waals surface area contributed by atoms with Gasteiger partial charge in [-0.25, -0.2) is 14.0 Å². The lowest BCUT2D eigenvalue weighted by atomic mass is 10.2. The molecule has 2 aromatic carbocycles. The molecule has 4 rings (SSSR count). The maximum atomic E-state index is 14.1. The molecule has 0 saturated carbocycles. The second-order valence-electron chi connectivity index (χ2n) is 7.06. The Hall–Kier alpha value is -2.85. The number of halogens is 2. The van der Waals surface area contributed by atoms with Gasteiger partial charge in [0.1, 0.15) is 5.82 Å². The minimum Gasteiger partial charge on any atom is -0.378 e. The van der Waals surface area contributed by atoms with E-state index < -0.39 is 11.8 Å². The van der Waals surface area contributed by atoms with E-state index in [4.69, 9.17) is 4.74 Å². The number of benzene rings is 2. The molecule has 0 spiro atoms. The number of nitrogens with one attached hydrogen (secondary N) is 2. The summed E-state index contributed by atoms with van der Waals surface area (Å²) in [5, 5.41) is 5.34. The third-order valence-electron chi connectivity index (χ3n) is 5.17. The summed E-state index contributed by atoms with van der Waals surface area (Å²) < 4.78 is 23.2.